The number of anilines is 1. The van der Waals surface area contributed by atoms with Crippen molar-refractivity contribution in [3.8, 4) is 16.9 Å². The van der Waals surface area contributed by atoms with E-state index in [1.54, 1.807) is 18.3 Å². The Balaban J connectivity index is 2.12. The van der Waals surface area contributed by atoms with Crippen molar-refractivity contribution in [2.45, 2.75) is 19.9 Å². The SMILES string of the molecule is CC(C)Nc1ncc2cc(-c3ccccc3Cl)c(O)cc2n1. The molecule has 1 heterocycles. The van der Waals surface area contributed by atoms with Crippen LogP contribution in [0.3, 0.4) is 0 Å². The second kappa shape index (κ2) is 5.81. The summed E-state index contributed by atoms with van der Waals surface area (Å²) in [5.74, 6) is 0.696. The average Bonchev–Trinajstić information content (AvgIpc) is 2.47. The molecule has 4 nitrogen and oxygen atoms in total. The molecule has 0 aliphatic carbocycles. The van der Waals surface area contributed by atoms with E-state index in [1.165, 1.54) is 0 Å². The number of nitrogens with zero attached hydrogens (tertiary/aromatic N) is 2. The summed E-state index contributed by atoms with van der Waals surface area (Å²) in [6.45, 7) is 4.04. The maximum atomic E-state index is 10.3. The number of rotatable bonds is 3. The minimum Gasteiger partial charge on any atom is -0.507 e. The molecule has 0 radical (unpaired) electrons. The number of phenols is 1. The quantitative estimate of drug-likeness (QED) is 0.748. The van der Waals surface area contributed by atoms with E-state index in [-0.39, 0.29) is 11.8 Å². The van der Waals surface area contributed by atoms with Crippen molar-refractivity contribution in [2.24, 2.45) is 0 Å². The van der Waals surface area contributed by atoms with Crippen molar-refractivity contribution >= 4 is 28.5 Å². The van der Waals surface area contributed by atoms with Gasteiger partial charge in [0.2, 0.25) is 5.95 Å². The monoisotopic (exact) mass is 313 g/mol. The van der Waals surface area contributed by atoms with Gasteiger partial charge in [-0.25, -0.2) is 9.97 Å². The van der Waals surface area contributed by atoms with E-state index in [9.17, 15) is 5.11 Å². The van der Waals surface area contributed by atoms with Crippen LogP contribution in [0, 0.1) is 0 Å². The molecule has 112 valence electrons. The van der Waals surface area contributed by atoms with Crippen molar-refractivity contribution in [2.75, 3.05) is 5.32 Å². The Morgan fingerprint density at radius 1 is 1.14 bits per heavy atom. The number of phenolic OH excluding ortho intramolecular Hbond substituents is 1. The molecule has 0 aliphatic rings. The minimum absolute atomic E-state index is 0.148. The molecule has 22 heavy (non-hydrogen) atoms. The molecule has 0 atom stereocenters. The van der Waals surface area contributed by atoms with Crippen LogP contribution in [0.25, 0.3) is 22.0 Å². The average molecular weight is 314 g/mol. The fraction of sp³-hybridized carbons (Fsp3) is 0.176. The van der Waals surface area contributed by atoms with Gasteiger partial charge in [-0.2, -0.15) is 0 Å². The maximum absolute atomic E-state index is 10.3. The van der Waals surface area contributed by atoms with Crippen molar-refractivity contribution in [3.05, 3.63) is 47.6 Å². The highest BCUT2D eigenvalue weighted by Gasteiger charge is 2.11. The first-order valence-electron chi connectivity index (χ1n) is 7.06. The van der Waals surface area contributed by atoms with Gasteiger partial charge in [0.05, 0.1) is 5.52 Å². The summed E-state index contributed by atoms with van der Waals surface area (Å²) in [5, 5.41) is 14.9. The molecule has 1 aromatic heterocycles. The maximum Gasteiger partial charge on any atom is 0.223 e. The van der Waals surface area contributed by atoms with Gasteiger partial charge < -0.3 is 10.4 Å². The van der Waals surface area contributed by atoms with Crippen LogP contribution in [0.5, 0.6) is 5.75 Å². The molecule has 5 heteroatoms. The van der Waals surface area contributed by atoms with Gasteiger partial charge in [-0.15, -0.1) is 0 Å². The van der Waals surface area contributed by atoms with Crippen LogP contribution < -0.4 is 5.32 Å². The lowest BCUT2D eigenvalue weighted by molar-refractivity contribution is 0.478. The third-order valence-electron chi connectivity index (χ3n) is 3.28. The summed E-state index contributed by atoms with van der Waals surface area (Å²) >= 11 is 6.21. The number of fused-ring (bicyclic) bond motifs is 1. The van der Waals surface area contributed by atoms with Crippen LogP contribution in [-0.4, -0.2) is 21.1 Å². The Labute approximate surface area is 133 Å². The summed E-state index contributed by atoms with van der Waals surface area (Å²) < 4.78 is 0. The van der Waals surface area contributed by atoms with Crippen LogP contribution in [0.4, 0.5) is 5.95 Å². The molecule has 0 unspecified atom stereocenters. The van der Waals surface area contributed by atoms with Crippen LogP contribution in [0.2, 0.25) is 5.02 Å². The van der Waals surface area contributed by atoms with Crippen molar-refractivity contribution < 1.29 is 5.11 Å². The van der Waals surface area contributed by atoms with Crippen LogP contribution >= 0.6 is 11.6 Å². The number of hydrogen-bond acceptors (Lipinski definition) is 4. The van der Waals surface area contributed by atoms with Gasteiger partial charge in [-0.1, -0.05) is 29.8 Å². The Kier molecular flexibility index (Phi) is 3.86. The summed E-state index contributed by atoms with van der Waals surface area (Å²) in [7, 11) is 0. The normalized spacial score (nSPS) is 11.1. The van der Waals surface area contributed by atoms with Crippen molar-refractivity contribution in [3.63, 3.8) is 0 Å². The van der Waals surface area contributed by atoms with Crippen LogP contribution in [-0.2, 0) is 0 Å². The Morgan fingerprint density at radius 2 is 1.91 bits per heavy atom. The summed E-state index contributed by atoms with van der Waals surface area (Å²) in [6, 6.07) is 11.2. The van der Waals surface area contributed by atoms with E-state index >= 15 is 0 Å². The molecule has 0 fully saturated rings. The first-order valence-corrected chi connectivity index (χ1v) is 7.43. The summed E-state index contributed by atoms with van der Waals surface area (Å²) in [5.41, 5.74) is 2.14. The highest BCUT2D eigenvalue weighted by atomic mass is 35.5. The Bertz CT molecular complexity index is 833. The zero-order valence-corrected chi connectivity index (χ0v) is 13.1. The number of halogens is 1. The molecule has 0 saturated heterocycles. The van der Waals surface area contributed by atoms with Crippen LogP contribution in [0.1, 0.15) is 13.8 Å². The molecule has 2 N–H and O–H groups in total. The third kappa shape index (κ3) is 2.83. The topological polar surface area (TPSA) is 58.0 Å². The number of aromatic hydroxyl groups is 1. The van der Waals surface area contributed by atoms with E-state index in [0.29, 0.717) is 22.1 Å². The molecule has 3 aromatic rings. The molecule has 3 rings (SSSR count). The van der Waals surface area contributed by atoms with Crippen LogP contribution in [0.15, 0.2) is 42.6 Å². The molecule has 0 bridgehead atoms. The van der Waals surface area contributed by atoms with E-state index < -0.39 is 0 Å². The second-order valence-electron chi connectivity index (χ2n) is 5.40. The van der Waals surface area contributed by atoms with Gasteiger partial charge in [0.15, 0.2) is 0 Å². The first kappa shape index (κ1) is 14.6. The van der Waals surface area contributed by atoms with Crippen molar-refractivity contribution in [1.82, 2.24) is 9.97 Å². The second-order valence-corrected chi connectivity index (χ2v) is 5.81. The summed E-state index contributed by atoms with van der Waals surface area (Å²) in [4.78, 5) is 8.72. The number of nitrogens with one attached hydrogen (secondary N) is 1. The van der Waals surface area contributed by atoms with Gasteiger partial charge >= 0.3 is 0 Å². The third-order valence-corrected chi connectivity index (χ3v) is 3.61. The molecule has 0 amide bonds. The highest BCUT2D eigenvalue weighted by molar-refractivity contribution is 6.33. The molecule has 0 saturated carbocycles. The predicted octanol–water partition coefficient (Wildman–Crippen LogP) is 4.48. The van der Waals surface area contributed by atoms with Gasteiger partial charge in [-0.3, -0.25) is 0 Å². The van der Waals surface area contributed by atoms with Crippen molar-refractivity contribution in [1.29, 1.82) is 0 Å². The van der Waals surface area contributed by atoms with E-state index in [2.05, 4.69) is 15.3 Å². The molecule has 2 aromatic carbocycles. The minimum atomic E-state index is 0.148. The zero-order chi connectivity index (χ0) is 15.7. The number of aromatic nitrogens is 2. The first-order chi connectivity index (χ1) is 10.5. The lowest BCUT2D eigenvalue weighted by Crippen LogP contribution is -2.12. The largest absolute Gasteiger partial charge is 0.507 e. The molecule has 0 spiro atoms. The van der Waals surface area contributed by atoms with Gasteiger partial charge in [0.1, 0.15) is 5.75 Å². The fourth-order valence-corrected chi connectivity index (χ4v) is 2.53. The standard InChI is InChI=1S/C17H16ClN3O/c1-10(2)20-17-19-9-11-7-13(16(22)8-15(11)21-17)12-5-3-4-6-14(12)18/h3-10,22H,1-2H3,(H,19,20,21). The number of benzene rings is 2. The summed E-state index contributed by atoms with van der Waals surface area (Å²) in [6.07, 6.45) is 1.74. The predicted molar refractivity (Wildman–Crippen MR) is 90.4 cm³/mol. The number of hydrogen-bond donors (Lipinski definition) is 2. The van der Waals surface area contributed by atoms with Gasteiger partial charge in [0.25, 0.3) is 0 Å². The van der Waals surface area contributed by atoms with E-state index in [4.69, 9.17) is 11.6 Å². The van der Waals surface area contributed by atoms with Gasteiger partial charge in [-0.05, 0) is 26.0 Å². The van der Waals surface area contributed by atoms with E-state index in [0.717, 1.165) is 10.9 Å². The van der Waals surface area contributed by atoms with E-state index in [1.807, 2.05) is 38.1 Å². The smallest absolute Gasteiger partial charge is 0.223 e. The highest BCUT2D eigenvalue weighted by Crippen LogP contribution is 2.36. The molecular weight excluding hydrogens is 298 g/mol. The lowest BCUT2D eigenvalue weighted by atomic mass is 10.0. The lowest BCUT2D eigenvalue weighted by Gasteiger charge is -2.11. The fourth-order valence-electron chi connectivity index (χ4n) is 2.29. The molecule has 0 aliphatic heterocycles. The van der Waals surface area contributed by atoms with Gasteiger partial charge in [0, 0.05) is 39.8 Å². The Hall–Kier alpha value is -2.33. The zero-order valence-electron chi connectivity index (χ0n) is 12.3. The Morgan fingerprint density at radius 3 is 2.64 bits per heavy atom. The molecular formula is C17H16ClN3O.